The summed E-state index contributed by atoms with van der Waals surface area (Å²) in [5.41, 5.74) is 4.42. The number of amides is 1. The number of aromatic nitrogens is 3. The molecule has 30 heavy (non-hydrogen) atoms. The van der Waals surface area contributed by atoms with E-state index in [1.807, 2.05) is 60.7 Å². The first-order chi connectivity index (χ1) is 14.8. The summed E-state index contributed by atoms with van der Waals surface area (Å²) >= 11 is 0. The van der Waals surface area contributed by atoms with E-state index in [9.17, 15) is 4.79 Å². The molecule has 0 fully saturated rings. The Morgan fingerprint density at radius 3 is 2.77 bits per heavy atom. The number of hydrogen-bond donors (Lipinski definition) is 1. The summed E-state index contributed by atoms with van der Waals surface area (Å²) in [6.07, 6.45) is 5.72. The summed E-state index contributed by atoms with van der Waals surface area (Å²) in [4.78, 5) is 17.0. The van der Waals surface area contributed by atoms with Gasteiger partial charge in [0, 0.05) is 24.4 Å². The molecule has 1 atom stereocenters. The van der Waals surface area contributed by atoms with Crippen molar-refractivity contribution in [3.63, 3.8) is 0 Å². The van der Waals surface area contributed by atoms with Gasteiger partial charge in [-0.15, -0.1) is 0 Å². The molecule has 5 rings (SSSR count). The van der Waals surface area contributed by atoms with Crippen LogP contribution in [-0.2, 0) is 6.42 Å². The van der Waals surface area contributed by atoms with Gasteiger partial charge in [-0.1, -0.05) is 36.4 Å². The zero-order valence-corrected chi connectivity index (χ0v) is 16.2. The predicted octanol–water partition coefficient (Wildman–Crippen LogP) is 3.67. The maximum absolute atomic E-state index is 12.6. The van der Waals surface area contributed by atoms with Crippen molar-refractivity contribution in [1.29, 1.82) is 0 Å². The number of carbonyl (C=O) groups excluding carboxylic acids is 1. The lowest BCUT2D eigenvalue weighted by Crippen LogP contribution is -2.34. The average molecular weight is 396 g/mol. The lowest BCUT2D eigenvalue weighted by atomic mass is 10.0. The van der Waals surface area contributed by atoms with Gasteiger partial charge in [-0.25, -0.2) is 4.68 Å². The Morgan fingerprint density at radius 1 is 1.07 bits per heavy atom. The lowest BCUT2D eigenvalue weighted by molar-refractivity contribution is 0.0933. The number of carbonyl (C=O) groups is 1. The fraction of sp³-hybridized carbons (Fsp3) is 0.125. The second kappa shape index (κ2) is 7.83. The van der Waals surface area contributed by atoms with Crippen LogP contribution in [0.5, 0.6) is 5.75 Å². The van der Waals surface area contributed by atoms with Crippen molar-refractivity contribution in [1.82, 2.24) is 20.1 Å². The second-order valence-corrected chi connectivity index (χ2v) is 7.17. The van der Waals surface area contributed by atoms with Crippen molar-refractivity contribution in [2.75, 3.05) is 6.54 Å². The van der Waals surface area contributed by atoms with E-state index in [1.54, 1.807) is 23.3 Å². The van der Waals surface area contributed by atoms with Gasteiger partial charge >= 0.3 is 0 Å². The van der Waals surface area contributed by atoms with Crippen LogP contribution in [0.3, 0.4) is 0 Å². The number of hydrogen-bond acceptors (Lipinski definition) is 4. The molecule has 1 amide bonds. The number of ether oxygens (including phenoxy) is 1. The molecule has 6 heteroatoms. The molecule has 0 bridgehead atoms. The van der Waals surface area contributed by atoms with Crippen LogP contribution in [-0.4, -0.2) is 33.3 Å². The predicted molar refractivity (Wildman–Crippen MR) is 114 cm³/mol. The van der Waals surface area contributed by atoms with Gasteiger partial charge in [0.05, 0.1) is 29.7 Å². The standard InChI is InChI=1S/C24H20N4O2/c29-24(18-14-27-28(16-18)19-8-2-1-3-9-19)26-15-20-13-17-7-6-10-21(23(17)30-20)22-11-4-5-12-25-22/h1-12,14,16,20H,13,15H2,(H,26,29). The number of nitrogens with one attached hydrogen (secondary N) is 1. The first-order valence-corrected chi connectivity index (χ1v) is 9.86. The molecule has 1 N–H and O–H groups in total. The summed E-state index contributed by atoms with van der Waals surface area (Å²) in [6.45, 7) is 0.422. The van der Waals surface area contributed by atoms with Crippen molar-refractivity contribution >= 4 is 5.91 Å². The van der Waals surface area contributed by atoms with Gasteiger partial charge in [-0.05, 0) is 35.9 Å². The van der Waals surface area contributed by atoms with Crippen LogP contribution >= 0.6 is 0 Å². The number of benzene rings is 2. The quantitative estimate of drug-likeness (QED) is 0.559. The topological polar surface area (TPSA) is 69.0 Å². The Morgan fingerprint density at radius 2 is 1.93 bits per heavy atom. The summed E-state index contributed by atoms with van der Waals surface area (Å²) in [6, 6.07) is 21.6. The molecule has 148 valence electrons. The normalized spacial score (nSPS) is 14.7. The molecule has 1 aliphatic rings. The first kappa shape index (κ1) is 18.1. The Bertz CT molecular complexity index is 1170. The molecule has 0 aliphatic carbocycles. The number of nitrogens with zero attached hydrogens (tertiary/aromatic N) is 3. The average Bonchev–Trinajstić information content (AvgIpc) is 3.46. The van der Waals surface area contributed by atoms with E-state index in [1.165, 1.54) is 0 Å². The minimum atomic E-state index is -0.165. The molecular formula is C24H20N4O2. The lowest BCUT2D eigenvalue weighted by Gasteiger charge is -2.13. The fourth-order valence-corrected chi connectivity index (χ4v) is 3.65. The van der Waals surface area contributed by atoms with Gasteiger partial charge in [0.15, 0.2) is 0 Å². The molecule has 1 aliphatic heterocycles. The van der Waals surface area contributed by atoms with Gasteiger partial charge in [-0.3, -0.25) is 9.78 Å². The van der Waals surface area contributed by atoms with Gasteiger partial charge in [0.1, 0.15) is 11.9 Å². The van der Waals surface area contributed by atoms with Crippen LogP contribution < -0.4 is 10.1 Å². The first-order valence-electron chi connectivity index (χ1n) is 9.86. The van der Waals surface area contributed by atoms with Crippen LogP contribution in [0, 0.1) is 0 Å². The fourth-order valence-electron chi connectivity index (χ4n) is 3.65. The Labute approximate surface area is 174 Å². The molecule has 0 radical (unpaired) electrons. The SMILES string of the molecule is O=C(NCC1Cc2cccc(-c3ccccn3)c2O1)c1cnn(-c2ccccc2)c1. The third kappa shape index (κ3) is 3.55. The monoisotopic (exact) mass is 396 g/mol. The van der Waals surface area contributed by atoms with Gasteiger partial charge in [0.25, 0.3) is 5.91 Å². The summed E-state index contributed by atoms with van der Waals surface area (Å²) < 4.78 is 7.87. The second-order valence-electron chi connectivity index (χ2n) is 7.17. The van der Waals surface area contributed by atoms with Crippen LogP contribution in [0.15, 0.2) is 85.3 Å². The third-order valence-electron chi connectivity index (χ3n) is 5.13. The third-order valence-corrected chi connectivity index (χ3v) is 5.13. The smallest absolute Gasteiger partial charge is 0.254 e. The van der Waals surface area contributed by atoms with Crippen LogP contribution in [0.1, 0.15) is 15.9 Å². The van der Waals surface area contributed by atoms with E-state index in [0.717, 1.165) is 34.7 Å². The van der Waals surface area contributed by atoms with E-state index < -0.39 is 0 Å². The van der Waals surface area contributed by atoms with Crippen LogP contribution in [0.25, 0.3) is 16.9 Å². The summed E-state index contributed by atoms with van der Waals surface area (Å²) in [5, 5.41) is 7.25. The van der Waals surface area contributed by atoms with Gasteiger partial charge < -0.3 is 10.1 Å². The molecule has 4 aromatic rings. The minimum Gasteiger partial charge on any atom is -0.487 e. The molecule has 0 saturated heterocycles. The van der Waals surface area contributed by atoms with E-state index >= 15 is 0 Å². The van der Waals surface area contributed by atoms with Crippen molar-refractivity contribution < 1.29 is 9.53 Å². The maximum Gasteiger partial charge on any atom is 0.254 e. The van der Waals surface area contributed by atoms with E-state index in [4.69, 9.17) is 4.74 Å². The van der Waals surface area contributed by atoms with Crippen molar-refractivity contribution in [3.05, 3.63) is 96.4 Å². The summed E-state index contributed by atoms with van der Waals surface area (Å²) in [5.74, 6) is 0.689. The van der Waals surface area contributed by atoms with E-state index in [0.29, 0.717) is 12.1 Å². The molecule has 0 spiro atoms. The van der Waals surface area contributed by atoms with Gasteiger partial charge in [0.2, 0.25) is 0 Å². The van der Waals surface area contributed by atoms with E-state index in [-0.39, 0.29) is 12.0 Å². The zero-order valence-electron chi connectivity index (χ0n) is 16.2. The molecule has 1 unspecified atom stereocenters. The van der Waals surface area contributed by atoms with Gasteiger partial charge in [-0.2, -0.15) is 5.10 Å². The highest BCUT2D eigenvalue weighted by Crippen LogP contribution is 2.37. The number of para-hydroxylation sites is 2. The van der Waals surface area contributed by atoms with Crippen molar-refractivity contribution in [2.24, 2.45) is 0 Å². The van der Waals surface area contributed by atoms with E-state index in [2.05, 4.69) is 21.5 Å². The van der Waals surface area contributed by atoms with Crippen LogP contribution in [0.4, 0.5) is 0 Å². The molecule has 2 aromatic carbocycles. The number of pyridine rings is 1. The number of fused-ring (bicyclic) bond motifs is 1. The van der Waals surface area contributed by atoms with Crippen LogP contribution in [0.2, 0.25) is 0 Å². The minimum absolute atomic E-state index is 0.113. The molecule has 0 saturated carbocycles. The van der Waals surface area contributed by atoms with Crippen molar-refractivity contribution in [3.8, 4) is 22.7 Å². The Kier molecular flexibility index (Phi) is 4.73. The Balaban J connectivity index is 1.25. The highest BCUT2D eigenvalue weighted by molar-refractivity contribution is 5.93. The zero-order chi connectivity index (χ0) is 20.3. The molecule has 6 nitrogen and oxygen atoms in total. The highest BCUT2D eigenvalue weighted by atomic mass is 16.5. The Hall–Kier alpha value is -3.93. The molecule has 3 heterocycles. The largest absolute Gasteiger partial charge is 0.487 e. The summed E-state index contributed by atoms with van der Waals surface area (Å²) in [7, 11) is 0. The number of rotatable bonds is 5. The van der Waals surface area contributed by atoms with Crippen molar-refractivity contribution in [2.45, 2.75) is 12.5 Å². The molecule has 2 aromatic heterocycles. The highest BCUT2D eigenvalue weighted by Gasteiger charge is 2.26. The maximum atomic E-state index is 12.6. The molecular weight excluding hydrogens is 376 g/mol.